The Kier molecular flexibility index (Phi) is 4.62. The summed E-state index contributed by atoms with van der Waals surface area (Å²) in [7, 11) is 1.65. The van der Waals surface area contributed by atoms with Gasteiger partial charge >= 0.3 is 0 Å². The van der Waals surface area contributed by atoms with Crippen molar-refractivity contribution in [1.82, 2.24) is 0 Å². The van der Waals surface area contributed by atoms with Crippen LogP contribution in [-0.2, 0) is 0 Å². The molecule has 0 fully saturated rings. The van der Waals surface area contributed by atoms with Crippen LogP contribution in [0.2, 0.25) is 0 Å². The molecular weight excluding hydrogens is 202 g/mol. The molecule has 0 amide bonds. The Hall–Kier alpha value is -1.22. The van der Waals surface area contributed by atoms with Crippen LogP contribution in [0.5, 0.6) is 5.75 Å². The van der Waals surface area contributed by atoms with E-state index in [4.69, 9.17) is 4.74 Å². The van der Waals surface area contributed by atoms with Crippen molar-refractivity contribution >= 4 is 5.69 Å². The Balaban J connectivity index is 2.77. The first-order chi connectivity index (χ1) is 7.63. The van der Waals surface area contributed by atoms with Gasteiger partial charge in [-0.25, -0.2) is 0 Å². The van der Waals surface area contributed by atoms with Crippen LogP contribution in [0.25, 0.3) is 0 Å². The van der Waals surface area contributed by atoms with Gasteiger partial charge in [0, 0.05) is 11.8 Å². The van der Waals surface area contributed by atoms with Crippen LogP contribution in [0.1, 0.15) is 26.7 Å². The summed E-state index contributed by atoms with van der Waals surface area (Å²) in [4.78, 5) is 0. The third kappa shape index (κ3) is 3.42. The zero-order valence-corrected chi connectivity index (χ0v) is 10.3. The van der Waals surface area contributed by atoms with Gasteiger partial charge in [0.1, 0.15) is 5.75 Å². The van der Waals surface area contributed by atoms with Crippen molar-refractivity contribution in [3.05, 3.63) is 24.3 Å². The van der Waals surface area contributed by atoms with E-state index in [1.807, 2.05) is 31.2 Å². The molecule has 1 rings (SSSR count). The van der Waals surface area contributed by atoms with Crippen molar-refractivity contribution in [1.29, 1.82) is 0 Å². The Morgan fingerprint density at radius 1 is 1.44 bits per heavy atom. The van der Waals surface area contributed by atoms with Crippen LogP contribution in [0.4, 0.5) is 5.69 Å². The lowest BCUT2D eigenvalue weighted by Gasteiger charge is -2.29. The molecule has 0 aromatic heterocycles. The van der Waals surface area contributed by atoms with Gasteiger partial charge in [-0.2, -0.15) is 0 Å². The number of hydrogen-bond acceptors (Lipinski definition) is 3. The predicted octanol–water partition coefficient (Wildman–Crippen LogP) is 2.66. The Morgan fingerprint density at radius 3 is 2.75 bits per heavy atom. The number of nitrogens with one attached hydrogen (secondary N) is 1. The minimum absolute atomic E-state index is 0.123. The summed E-state index contributed by atoms with van der Waals surface area (Å²) in [5.74, 6) is 0.821. The molecule has 1 atom stereocenters. The number of methoxy groups -OCH3 is 1. The van der Waals surface area contributed by atoms with Gasteiger partial charge in [-0.05, 0) is 25.5 Å². The fourth-order valence-corrected chi connectivity index (χ4v) is 1.78. The Morgan fingerprint density at radius 2 is 2.19 bits per heavy atom. The van der Waals surface area contributed by atoms with Gasteiger partial charge in [0.05, 0.1) is 19.3 Å². The van der Waals surface area contributed by atoms with Crippen molar-refractivity contribution in [2.75, 3.05) is 19.0 Å². The lowest BCUT2D eigenvalue weighted by atomic mass is 9.97. The van der Waals surface area contributed by atoms with E-state index < -0.39 is 0 Å². The molecule has 1 aromatic rings. The smallest absolute Gasteiger partial charge is 0.120 e. The SMILES string of the molecule is CCCC(C)(CO)Nc1cccc(OC)c1. The largest absolute Gasteiger partial charge is 0.497 e. The van der Waals surface area contributed by atoms with Gasteiger partial charge in [-0.15, -0.1) is 0 Å². The standard InChI is InChI=1S/C13H21NO2/c1-4-8-13(2,10-15)14-11-6-5-7-12(9-11)16-3/h5-7,9,14-15H,4,8,10H2,1-3H3. The number of benzene rings is 1. The summed E-state index contributed by atoms with van der Waals surface area (Å²) < 4.78 is 5.16. The highest BCUT2D eigenvalue weighted by atomic mass is 16.5. The number of aliphatic hydroxyl groups excluding tert-OH is 1. The second-order valence-corrected chi connectivity index (χ2v) is 4.33. The average molecular weight is 223 g/mol. The lowest BCUT2D eigenvalue weighted by Crippen LogP contribution is -2.38. The molecule has 2 N–H and O–H groups in total. The average Bonchev–Trinajstić information content (AvgIpc) is 2.29. The van der Waals surface area contributed by atoms with Gasteiger partial charge < -0.3 is 15.2 Å². The minimum atomic E-state index is -0.263. The summed E-state index contributed by atoms with van der Waals surface area (Å²) in [6.45, 7) is 4.26. The van der Waals surface area contributed by atoms with Crippen LogP contribution >= 0.6 is 0 Å². The van der Waals surface area contributed by atoms with E-state index in [0.717, 1.165) is 24.3 Å². The third-order valence-electron chi connectivity index (χ3n) is 2.67. The minimum Gasteiger partial charge on any atom is -0.497 e. The first-order valence-corrected chi connectivity index (χ1v) is 5.66. The molecule has 1 unspecified atom stereocenters. The van der Waals surface area contributed by atoms with Gasteiger partial charge in [-0.1, -0.05) is 19.4 Å². The molecule has 3 nitrogen and oxygen atoms in total. The van der Waals surface area contributed by atoms with E-state index in [9.17, 15) is 5.11 Å². The second kappa shape index (κ2) is 5.75. The zero-order chi connectivity index (χ0) is 12.0. The van der Waals surface area contributed by atoms with E-state index in [1.54, 1.807) is 7.11 Å². The Bertz CT molecular complexity index is 327. The molecule has 16 heavy (non-hydrogen) atoms. The monoisotopic (exact) mass is 223 g/mol. The molecule has 0 aliphatic carbocycles. The maximum atomic E-state index is 9.41. The van der Waals surface area contributed by atoms with E-state index in [2.05, 4.69) is 12.2 Å². The fourth-order valence-electron chi connectivity index (χ4n) is 1.78. The number of aliphatic hydroxyl groups is 1. The third-order valence-corrected chi connectivity index (χ3v) is 2.67. The summed E-state index contributed by atoms with van der Waals surface area (Å²) in [6, 6.07) is 7.75. The summed E-state index contributed by atoms with van der Waals surface area (Å²) >= 11 is 0. The zero-order valence-electron chi connectivity index (χ0n) is 10.3. The molecule has 0 radical (unpaired) electrons. The molecule has 90 valence electrons. The van der Waals surface area contributed by atoms with Gasteiger partial charge in [-0.3, -0.25) is 0 Å². The maximum absolute atomic E-state index is 9.41. The highest BCUT2D eigenvalue weighted by Gasteiger charge is 2.21. The van der Waals surface area contributed by atoms with E-state index in [-0.39, 0.29) is 12.1 Å². The number of hydrogen-bond donors (Lipinski definition) is 2. The van der Waals surface area contributed by atoms with Crippen LogP contribution in [0.3, 0.4) is 0 Å². The number of ether oxygens (including phenoxy) is 1. The van der Waals surface area contributed by atoms with Crippen molar-refractivity contribution in [2.45, 2.75) is 32.2 Å². The number of anilines is 1. The Labute approximate surface area is 97.4 Å². The molecule has 0 spiro atoms. The molecule has 3 heteroatoms. The molecule has 0 bridgehead atoms. The van der Waals surface area contributed by atoms with E-state index in [0.29, 0.717) is 0 Å². The molecule has 0 saturated carbocycles. The van der Waals surface area contributed by atoms with Crippen molar-refractivity contribution in [2.24, 2.45) is 0 Å². The van der Waals surface area contributed by atoms with E-state index >= 15 is 0 Å². The molecule has 1 aromatic carbocycles. The molecule has 0 aliphatic rings. The summed E-state index contributed by atoms with van der Waals surface area (Å²) in [5.41, 5.74) is 0.713. The fraction of sp³-hybridized carbons (Fsp3) is 0.538. The van der Waals surface area contributed by atoms with Gasteiger partial charge in [0.25, 0.3) is 0 Å². The van der Waals surface area contributed by atoms with Crippen LogP contribution < -0.4 is 10.1 Å². The predicted molar refractivity (Wildman–Crippen MR) is 67.0 cm³/mol. The van der Waals surface area contributed by atoms with Gasteiger partial charge in [0.2, 0.25) is 0 Å². The normalized spacial score (nSPS) is 14.2. The van der Waals surface area contributed by atoms with Gasteiger partial charge in [0.15, 0.2) is 0 Å². The van der Waals surface area contributed by atoms with E-state index in [1.165, 1.54) is 0 Å². The molecule has 0 aliphatic heterocycles. The van der Waals surface area contributed by atoms with Crippen molar-refractivity contribution in [3.8, 4) is 5.75 Å². The van der Waals surface area contributed by atoms with Crippen molar-refractivity contribution in [3.63, 3.8) is 0 Å². The van der Waals surface area contributed by atoms with Crippen LogP contribution in [0.15, 0.2) is 24.3 Å². The lowest BCUT2D eigenvalue weighted by molar-refractivity contribution is 0.214. The summed E-state index contributed by atoms with van der Waals surface area (Å²) in [6.07, 6.45) is 1.97. The maximum Gasteiger partial charge on any atom is 0.120 e. The van der Waals surface area contributed by atoms with Crippen molar-refractivity contribution < 1.29 is 9.84 Å². The quantitative estimate of drug-likeness (QED) is 0.779. The second-order valence-electron chi connectivity index (χ2n) is 4.33. The van der Waals surface area contributed by atoms with Crippen LogP contribution in [-0.4, -0.2) is 24.4 Å². The number of rotatable bonds is 6. The first kappa shape index (κ1) is 12.8. The molecular formula is C13H21NO2. The summed E-state index contributed by atoms with van der Waals surface area (Å²) in [5, 5.41) is 12.8. The topological polar surface area (TPSA) is 41.5 Å². The molecule has 0 saturated heterocycles. The highest BCUT2D eigenvalue weighted by Crippen LogP contribution is 2.23. The molecule has 0 heterocycles. The highest BCUT2D eigenvalue weighted by molar-refractivity contribution is 5.49. The first-order valence-electron chi connectivity index (χ1n) is 5.66. The van der Waals surface area contributed by atoms with Crippen LogP contribution in [0, 0.1) is 0 Å².